The fraction of sp³-hybridized carbons (Fsp3) is 0.333. The number of hydrogen-bond acceptors (Lipinski definition) is 4. The standard InChI is InChI=1S/C18H21N3O2S/c1-12-8-9-16(23-12)13(2)19-18(22)10-21-15-7-5-4-6-14(15)20-17(21)11-24-3/h4-9,13H,10-11H2,1-3H3,(H,19,22). The molecule has 1 unspecified atom stereocenters. The molecule has 0 bridgehead atoms. The Morgan fingerprint density at radius 3 is 2.83 bits per heavy atom. The highest BCUT2D eigenvalue weighted by Gasteiger charge is 2.16. The Labute approximate surface area is 145 Å². The van der Waals surface area contributed by atoms with E-state index in [-0.39, 0.29) is 18.5 Å². The first-order chi connectivity index (χ1) is 11.6. The maximum absolute atomic E-state index is 12.5. The third-order valence-electron chi connectivity index (χ3n) is 3.87. The number of hydrogen-bond donors (Lipinski definition) is 1. The van der Waals surface area contributed by atoms with E-state index in [0.717, 1.165) is 34.1 Å². The summed E-state index contributed by atoms with van der Waals surface area (Å²) >= 11 is 1.69. The van der Waals surface area contributed by atoms with Crippen molar-refractivity contribution >= 4 is 28.7 Å². The van der Waals surface area contributed by atoms with E-state index in [1.54, 1.807) is 11.8 Å². The summed E-state index contributed by atoms with van der Waals surface area (Å²) in [5, 5.41) is 2.99. The predicted octanol–water partition coefficient (Wildman–Crippen LogP) is 3.68. The van der Waals surface area contributed by atoms with Gasteiger partial charge in [-0.2, -0.15) is 11.8 Å². The number of rotatable bonds is 6. The highest BCUT2D eigenvalue weighted by atomic mass is 32.2. The average Bonchev–Trinajstić information content (AvgIpc) is 3.13. The lowest BCUT2D eigenvalue weighted by Crippen LogP contribution is -2.30. The number of nitrogens with one attached hydrogen (secondary N) is 1. The second-order valence-corrected chi connectivity index (χ2v) is 6.64. The van der Waals surface area contributed by atoms with Crippen molar-refractivity contribution in [3.05, 3.63) is 53.7 Å². The molecule has 0 aliphatic heterocycles. The molecule has 6 heteroatoms. The van der Waals surface area contributed by atoms with Gasteiger partial charge in [0.25, 0.3) is 0 Å². The lowest BCUT2D eigenvalue weighted by Gasteiger charge is -2.13. The smallest absolute Gasteiger partial charge is 0.240 e. The summed E-state index contributed by atoms with van der Waals surface area (Å²) in [5.74, 6) is 3.24. The first-order valence-corrected chi connectivity index (χ1v) is 9.26. The van der Waals surface area contributed by atoms with Gasteiger partial charge in [0.05, 0.1) is 22.8 Å². The molecule has 0 saturated heterocycles. The summed E-state index contributed by atoms with van der Waals surface area (Å²) < 4.78 is 7.56. The normalized spacial score (nSPS) is 12.5. The van der Waals surface area contributed by atoms with Crippen molar-refractivity contribution in [3.8, 4) is 0 Å². The number of carbonyl (C=O) groups excluding carboxylic acids is 1. The molecule has 2 aromatic heterocycles. The van der Waals surface area contributed by atoms with E-state index in [1.165, 1.54) is 0 Å². The third kappa shape index (κ3) is 3.48. The van der Waals surface area contributed by atoms with Crippen molar-refractivity contribution in [2.75, 3.05) is 6.26 Å². The second kappa shape index (κ2) is 7.13. The van der Waals surface area contributed by atoms with E-state index in [1.807, 2.05) is 61.1 Å². The van der Waals surface area contributed by atoms with Crippen LogP contribution in [-0.4, -0.2) is 21.7 Å². The minimum absolute atomic E-state index is 0.0536. The van der Waals surface area contributed by atoms with Gasteiger partial charge in [0.15, 0.2) is 0 Å². The lowest BCUT2D eigenvalue weighted by atomic mass is 10.2. The number of aromatic nitrogens is 2. The Balaban J connectivity index is 1.78. The van der Waals surface area contributed by atoms with Gasteiger partial charge in [0.2, 0.25) is 5.91 Å². The van der Waals surface area contributed by atoms with Gasteiger partial charge in [-0.25, -0.2) is 4.98 Å². The van der Waals surface area contributed by atoms with Crippen LogP contribution in [0.2, 0.25) is 0 Å². The third-order valence-corrected chi connectivity index (χ3v) is 4.42. The lowest BCUT2D eigenvalue weighted by molar-refractivity contribution is -0.122. The van der Waals surface area contributed by atoms with E-state index in [4.69, 9.17) is 4.42 Å². The largest absolute Gasteiger partial charge is 0.464 e. The van der Waals surface area contributed by atoms with Gasteiger partial charge in [0, 0.05) is 0 Å². The Kier molecular flexibility index (Phi) is 4.94. The van der Waals surface area contributed by atoms with Crippen molar-refractivity contribution in [1.29, 1.82) is 0 Å². The van der Waals surface area contributed by atoms with Crippen molar-refractivity contribution < 1.29 is 9.21 Å². The topological polar surface area (TPSA) is 60.1 Å². The van der Waals surface area contributed by atoms with Crippen LogP contribution in [0.4, 0.5) is 0 Å². The van der Waals surface area contributed by atoms with Crippen LogP contribution in [0.15, 0.2) is 40.8 Å². The van der Waals surface area contributed by atoms with E-state index < -0.39 is 0 Å². The first-order valence-electron chi connectivity index (χ1n) is 7.87. The minimum atomic E-state index is -0.162. The molecule has 1 aromatic carbocycles. The molecule has 1 atom stereocenters. The van der Waals surface area contributed by atoms with E-state index in [9.17, 15) is 4.79 Å². The number of imidazole rings is 1. The van der Waals surface area contributed by atoms with E-state index >= 15 is 0 Å². The number of thioether (sulfide) groups is 1. The van der Waals surface area contributed by atoms with E-state index in [2.05, 4.69) is 10.3 Å². The fourth-order valence-corrected chi connectivity index (χ4v) is 3.21. The molecule has 5 nitrogen and oxygen atoms in total. The molecule has 0 spiro atoms. The molecular formula is C18H21N3O2S. The highest BCUT2D eigenvalue weighted by Crippen LogP contribution is 2.20. The Morgan fingerprint density at radius 2 is 2.12 bits per heavy atom. The summed E-state index contributed by atoms with van der Waals surface area (Å²) in [6, 6.07) is 11.5. The van der Waals surface area contributed by atoms with Gasteiger partial charge in [-0.3, -0.25) is 4.79 Å². The van der Waals surface area contributed by atoms with Crippen molar-refractivity contribution in [2.24, 2.45) is 0 Å². The number of benzene rings is 1. The van der Waals surface area contributed by atoms with Crippen LogP contribution in [0.25, 0.3) is 11.0 Å². The van der Waals surface area contributed by atoms with Crippen molar-refractivity contribution in [1.82, 2.24) is 14.9 Å². The molecular weight excluding hydrogens is 322 g/mol. The highest BCUT2D eigenvalue weighted by molar-refractivity contribution is 7.97. The maximum atomic E-state index is 12.5. The Morgan fingerprint density at radius 1 is 1.33 bits per heavy atom. The van der Waals surface area contributed by atoms with Crippen LogP contribution < -0.4 is 5.32 Å². The average molecular weight is 343 g/mol. The molecule has 3 aromatic rings. The number of amides is 1. The van der Waals surface area contributed by atoms with E-state index in [0.29, 0.717) is 0 Å². The first kappa shape index (κ1) is 16.6. The second-order valence-electron chi connectivity index (χ2n) is 5.77. The Bertz CT molecular complexity index is 853. The number of furan rings is 1. The molecule has 24 heavy (non-hydrogen) atoms. The van der Waals surface area contributed by atoms with Gasteiger partial charge in [-0.15, -0.1) is 0 Å². The minimum Gasteiger partial charge on any atom is -0.464 e. The zero-order chi connectivity index (χ0) is 17.1. The predicted molar refractivity (Wildman–Crippen MR) is 97.0 cm³/mol. The molecule has 0 saturated carbocycles. The van der Waals surface area contributed by atoms with Crippen LogP contribution >= 0.6 is 11.8 Å². The molecule has 1 N–H and O–H groups in total. The number of para-hydroxylation sites is 2. The number of nitrogens with zero attached hydrogens (tertiary/aromatic N) is 2. The fourth-order valence-electron chi connectivity index (χ4n) is 2.73. The number of carbonyl (C=O) groups is 1. The van der Waals surface area contributed by atoms with Crippen LogP contribution in [0, 0.1) is 6.92 Å². The summed E-state index contributed by atoms with van der Waals surface area (Å²) in [4.78, 5) is 17.1. The van der Waals surface area contributed by atoms with Gasteiger partial charge >= 0.3 is 0 Å². The molecule has 1 amide bonds. The quantitative estimate of drug-likeness (QED) is 0.742. The van der Waals surface area contributed by atoms with Crippen LogP contribution in [0.5, 0.6) is 0 Å². The zero-order valence-corrected chi connectivity index (χ0v) is 14.9. The SMILES string of the molecule is CSCc1nc2ccccc2n1CC(=O)NC(C)c1ccc(C)o1. The maximum Gasteiger partial charge on any atom is 0.240 e. The summed E-state index contributed by atoms with van der Waals surface area (Å²) in [7, 11) is 0. The number of fused-ring (bicyclic) bond motifs is 1. The van der Waals surface area contributed by atoms with Gasteiger partial charge in [0.1, 0.15) is 23.9 Å². The van der Waals surface area contributed by atoms with Crippen LogP contribution in [0.3, 0.4) is 0 Å². The monoisotopic (exact) mass is 343 g/mol. The van der Waals surface area contributed by atoms with Gasteiger partial charge in [-0.1, -0.05) is 12.1 Å². The van der Waals surface area contributed by atoms with Crippen molar-refractivity contribution in [2.45, 2.75) is 32.2 Å². The molecule has 0 fully saturated rings. The molecule has 0 aliphatic rings. The van der Waals surface area contributed by atoms with Crippen LogP contribution in [-0.2, 0) is 17.1 Å². The summed E-state index contributed by atoms with van der Waals surface area (Å²) in [5.41, 5.74) is 1.90. The Hall–Kier alpha value is -2.21. The summed E-state index contributed by atoms with van der Waals surface area (Å²) in [6.45, 7) is 4.07. The number of aryl methyl sites for hydroxylation is 1. The van der Waals surface area contributed by atoms with Gasteiger partial charge < -0.3 is 14.3 Å². The molecule has 0 aliphatic carbocycles. The van der Waals surface area contributed by atoms with Crippen LogP contribution in [0.1, 0.15) is 30.3 Å². The zero-order valence-electron chi connectivity index (χ0n) is 14.1. The molecule has 0 radical (unpaired) electrons. The van der Waals surface area contributed by atoms with Gasteiger partial charge in [-0.05, 0) is 44.4 Å². The molecule has 3 rings (SSSR count). The van der Waals surface area contributed by atoms with Crippen molar-refractivity contribution in [3.63, 3.8) is 0 Å². The summed E-state index contributed by atoms with van der Waals surface area (Å²) in [6.07, 6.45) is 2.03. The molecule has 2 heterocycles. The molecule has 126 valence electrons.